The van der Waals surface area contributed by atoms with Crippen LogP contribution in [0.25, 0.3) is 11.3 Å². The van der Waals surface area contributed by atoms with Crippen LogP contribution < -0.4 is 10.2 Å². The summed E-state index contributed by atoms with van der Waals surface area (Å²) >= 11 is 1.55. The molecule has 2 aromatic heterocycles. The molecule has 0 atom stereocenters. The van der Waals surface area contributed by atoms with E-state index in [4.69, 9.17) is 9.47 Å². The standard InChI is InChI=1S/C21H28N4O3S/c26-20(23-6-3-7-24-8-12-27-13-9-24)19-16-17(18-4-1-2-5-22-18)21(29-19)25-10-14-28-15-11-25/h1-2,4-5,16H,3,6-15H2,(H,23,26). The summed E-state index contributed by atoms with van der Waals surface area (Å²) in [6, 6.07) is 7.87. The SMILES string of the molecule is O=C(NCCCN1CCOCC1)c1cc(-c2ccccn2)c(N2CCOCC2)s1. The Labute approximate surface area is 175 Å². The molecule has 2 aromatic rings. The van der Waals surface area contributed by atoms with Gasteiger partial charge in [0.05, 0.1) is 37.0 Å². The quantitative estimate of drug-likeness (QED) is 0.698. The van der Waals surface area contributed by atoms with E-state index in [1.54, 1.807) is 17.5 Å². The second kappa shape index (κ2) is 10.2. The number of nitrogens with one attached hydrogen (secondary N) is 1. The average Bonchev–Trinajstić information content (AvgIpc) is 3.24. The molecule has 2 aliphatic heterocycles. The number of rotatable bonds is 7. The van der Waals surface area contributed by atoms with Crippen LogP contribution in [-0.4, -0.2) is 81.5 Å². The zero-order valence-corrected chi connectivity index (χ0v) is 17.5. The van der Waals surface area contributed by atoms with Gasteiger partial charge in [-0.15, -0.1) is 11.3 Å². The molecule has 2 aliphatic rings. The summed E-state index contributed by atoms with van der Waals surface area (Å²) in [5, 5.41) is 4.19. The van der Waals surface area contributed by atoms with Gasteiger partial charge in [0.2, 0.25) is 0 Å². The lowest BCUT2D eigenvalue weighted by Crippen LogP contribution is -2.38. The van der Waals surface area contributed by atoms with E-state index in [0.29, 0.717) is 19.8 Å². The van der Waals surface area contributed by atoms with E-state index in [2.05, 4.69) is 20.1 Å². The highest BCUT2D eigenvalue weighted by atomic mass is 32.1. The molecule has 0 spiro atoms. The molecule has 0 bridgehead atoms. The first-order valence-corrected chi connectivity index (χ1v) is 11.1. The first-order valence-electron chi connectivity index (χ1n) is 10.3. The number of carbonyl (C=O) groups is 1. The van der Waals surface area contributed by atoms with Crippen LogP contribution in [0.2, 0.25) is 0 Å². The predicted molar refractivity (Wildman–Crippen MR) is 115 cm³/mol. The summed E-state index contributed by atoms with van der Waals surface area (Å²) in [6.45, 7) is 8.34. The molecule has 29 heavy (non-hydrogen) atoms. The van der Waals surface area contributed by atoms with Crippen LogP contribution in [0.4, 0.5) is 5.00 Å². The summed E-state index contributed by atoms with van der Waals surface area (Å²) < 4.78 is 10.9. The Morgan fingerprint density at radius 2 is 1.86 bits per heavy atom. The number of anilines is 1. The maximum atomic E-state index is 12.8. The Morgan fingerprint density at radius 3 is 2.59 bits per heavy atom. The Kier molecular flexibility index (Phi) is 7.10. The Bertz CT molecular complexity index is 786. The highest BCUT2D eigenvalue weighted by Crippen LogP contribution is 2.38. The second-order valence-electron chi connectivity index (χ2n) is 7.21. The number of nitrogens with zero attached hydrogens (tertiary/aromatic N) is 3. The van der Waals surface area contributed by atoms with Crippen LogP contribution in [0.1, 0.15) is 16.1 Å². The van der Waals surface area contributed by atoms with Crippen molar-refractivity contribution in [1.29, 1.82) is 0 Å². The third-order valence-corrected chi connectivity index (χ3v) is 6.41. The van der Waals surface area contributed by atoms with Crippen LogP contribution in [0, 0.1) is 0 Å². The van der Waals surface area contributed by atoms with Crippen molar-refractivity contribution in [2.75, 3.05) is 70.6 Å². The number of carbonyl (C=O) groups excluding carboxylic acids is 1. The Hall–Kier alpha value is -2.00. The van der Waals surface area contributed by atoms with Crippen LogP contribution in [-0.2, 0) is 9.47 Å². The van der Waals surface area contributed by atoms with Crippen LogP contribution in [0.15, 0.2) is 30.5 Å². The van der Waals surface area contributed by atoms with Gasteiger partial charge in [-0.2, -0.15) is 0 Å². The maximum absolute atomic E-state index is 12.8. The van der Waals surface area contributed by atoms with Crippen molar-refractivity contribution in [3.05, 3.63) is 35.3 Å². The second-order valence-corrected chi connectivity index (χ2v) is 8.24. The summed E-state index contributed by atoms with van der Waals surface area (Å²) in [4.78, 5) is 22.7. The van der Waals surface area contributed by atoms with Gasteiger partial charge in [0.25, 0.3) is 5.91 Å². The van der Waals surface area contributed by atoms with Crippen molar-refractivity contribution in [2.24, 2.45) is 0 Å². The largest absolute Gasteiger partial charge is 0.379 e. The molecule has 4 heterocycles. The fraction of sp³-hybridized carbons (Fsp3) is 0.524. The molecular weight excluding hydrogens is 388 g/mol. The Morgan fingerprint density at radius 1 is 1.10 bits per heavy atom. The fourth-order valence-corrected chi connectivity index (χ4v) is 4.75. The lowest BCUT2D eigenvalue weighted by Gasteiger charge is -2.28. The smallest absolute Gasteiger partial charge is 0.261 e. The molecule has 0 saturated carbocycles. The minimum atomic E-state index is -0.00586. The molecule has 1 amide bonds. The minimum Gasteiger partial charge on any atom is -0.379 e. The summed E-state index contributed by atoms with van der Waals surface area (Å²) in [5.41, 5.74) is 1.92. The van der Waals surface area contributed by atoms with Gasteiger partial charge in [-0.1, -0.05) is 6.07 Å². The first kappa shape index (κ1) is 20.3. The molecule has 156 valence electrons. The molecule has 1 N–H and O–H groups in total. The number of pyridine rings is 1. The van der Waals surface area contributed by atoms with E-state index in [0.717, 1.165) is 73.5 Å². The lowest BCUT2D eigenvalue weighted by molar-refractivity contribution is 0.0374. The zero-order chi connectivity index (χ0) is 19.9. The topological polar surface area (TPSA) is 66.9 Å². The first-order chi connectivity index (χ1) is 14.3. The number of hydrogen-bond donors (Lipinski definition) is 1. The van der Waals surface area contributed by atoms with Gasteiger partial charge in [-0.25, -0.2) is 0 Å². The van der Waals surface area contributed by atoms with Gasteiger partial charge >= 0.3 is 0 Å². The zero-order valence-electron chi connectivity index (χ0n) is 16.6. The van der Waals surface area contributed by atoms with E-state index in [9.17, 15) is 4.79 Å². The molecule has 4 rings (SSSR count). The number of morpholine rings is 2. The number of thiophene rings is 1. The molecule has 8 heteroatoms. The predicted octanol–water partition coefficient (Wildman–Crippen LogP) is 2.10. The molecular formula is C21H28N4O3S. The minimum absolute atomic E-state index is 0.00586. The highest BCUT2D eigenvalue weighted by molar-refractivity contribution is 7.18. The third-order valence-electron chi connectivity index (χ3n) is 5.22. The molecule has 0 aliphatic carbocycles. The molecule has 0 radical (unpaired) electrons. The molecule has 0 unspecified atom stereocenters. The summed E-state index contributed by atoms with van der Waals surface area (Å²) in [7, 11) is 0. The fourth-order valence-electron chi connectivity index (χ4n) is 3.62. The van der Waals surface area contributed by atoms with E-state index in [1.165, 1.54) is 0 Å². The van der Waals surface area contributed by atoms with Crippen molar-refractivity contribution in [1.82, 2.24) is 15.2 Å². The number of aromatic nitrogens is 1. The lowest BCUT2D eigenvalue weighted by atomic mass is 10.2. The average molecular weight is 417 g/mol. The van der Waals surface area contributed by atoms with Crippen molar-refractivity contribution in [3.63, 3.8) is 0 Å². The molecule has 0 aromatic carbocycles. The highest BCUT2D eigenvalue weighted by Gasteiger charge is 2.22. The van der Waals surface area contributed by atoms with Crippen LogP contribution in [0.3, 0.4) is 0 Å². The van der Waals surface area contributed by atoms with Crippen LogP contribution >= 0.6 is 11.3 Å². The third kappa shape index (κ3) is 5.33. The molecule has 2 fully saturated rings. The van der Waals surface area contributed by atoms with Gasteiger partial charge in [-0.05, 0) is 31.2 Å². The monoisotopic (exact) mass is 416 g/mol. The summed E-state index contributed by atoms with van der Waals surface area (Å²) in [5.74, 6) is -0.00586. The van der Waals surface area contributed by atoms with E-state index >= 15 is 0 Å². The van der Waals surface area contributed by atoms with Crippen molar-refractivity contribution in [3.8, 4) is 11.3 Å². The van der Waals surface area contributed by atoms with Crippen molar-refractivity contribution < 1.29 is 14.3 Å². The van der Waals surface area contributed by atoms with Crippen molar-refractivity contribution >= 4 is 22.2 Å². The van der Waals surface area contributed by atoms with Crippen LogP contribution in [0.5, 0.6) is 0 Å². The maximum Gasteiger partial charge on any atom is 0.261 e. The van der Waals surface area contributed by atoms with Crippen molar-refractivity contribution in [2.45, 2.75) is 6.42 Å². The van der Waals surface area contributed by atoms with Gasteiger partial charge < -0.3 is 19.7 Å². The summed E-state index contributed by atoms with van der Waals surface area (Å²) in [6.07, 6.45) is 2.74. The van der Waals surface area contributed by atoms with Gasteiger partial charge in [0.1, 0.15) is 5.00 Å². The van der Waals surface area contributed by atoms with E-state index in [-0.39, 0.29) is 5.91 Å². The number of amides is 1. The molecule has 7 nitrogen and oxygen atoms in total. The Balaban J connectivity index is 1.41. The van der Waals surface area contributed by atoms with E-state index < -0.39 is 0 Å². The van der Waals surface area contributed by atoms with E-state index in [1.807, 2.05) is 24.3 Å². The van der Waals surface area contributed by atoms with Gasteiger partial charge in [0.15, 0.2) is 0 Å². The normalized spacial score (nSPS) is 18.0. The van der Waals surface area contributed by atoms with Gasteiger partial charge in [0, 0.05) is 44.5 Å². The number of ether oxygens (including phenoxy) is 2. The molecule has 2 saturated heterocycles. The number of hydrogen-bond acceptors (Lipinski definition) is 7. The van der Waals surface area contributed by atoms with Gasteiger partial charge in [-0.3, -0.25) is 14.7 Å².